The largest absolute Gasteiger partial charge is 0.355 e. The molecule has 0 saturated carbocycles. The highest BCUT2D eigenvalue weighted by molar-refractivity contribution is 7.16. The molecule has 0 spiro atoms. The maximum atomic E-state index is 3.64. The first kappa shape index (κ1) is 43.6. The van der Waals surface area contributed by atoms with E-state index in [9.17, 15) is 0 Å². The molecule has 12 rings (SSSR count). The van der Waals surface area contributed by atoms with Gasteiger partial charge in [0.1, 0.15) is 0 Å². The van der Waals surface area contributed by atoms with Gasteiger partial charge in [0.2, 0.25) is 0 Å². The van der Waals surface area contributed by atoms with E-state index >= 15 is 0 Å². The molecule has 3 aliphatic rings. The SMILES string of the molecule is CC1(C)CCCC(C)(C)N1.c1ccc(-c2ccccc2Nc2ccccc2-c2ccccc2)cc1.c1ccc([Si]23c4ccccc4-c4ccccc4N2c2ccccc2-c2ccccc23)cc1. The van der Waals surface area contributed by atoms with E-state index in [4.69, 9.17) is 0 Å². The number of piperidine rings is 1. The minimum atomic E-state index is -2.59. The van der Waals surface area contributed by atoms with Gasteiger partial charge in [0.25, 0.3) is 8.24 Å². The first-order valence-corrected chi connectivity index (χ1v) is 25.8. The Kier molecular flexibility index (Phi) is 12.1. The lowest BCUT2D eigenvalue weighted by Crippen LogP contribution is -2.79. The molecular formula is C63H59N3Si. The summed E-state index contributed by atoms with van der Waals surface area (Å²) in [5, 5.41) is 11.6. The Morgan fingerprint density at radius 2 is 0.716 bits per heavy atom. The van der Waals surface area contributed by atoms with Crippen molar-refractivity contribution in [1.82, 2.24) is 5.32 Å². The van der Waals surface area contributed by atoms with Crippen molar-refractivity contribution in [3.8, 4) is 44.5 Å². The molecule has 0 bridgehead atoms. The number of para-hydroxylation sites is 4. The van der Waals surface area contributed by atoms with Crippen molar-refractivity contribution in [2.24, 2.45) is 0 Å². The molecule has 4 heteroatoms. The Balaban J connectivity index is 0.000000133. The molecule has 9 aromatic rings. The topological polar surface area (TPSA) is 27.3 Å². The van der Waals surface area contributed by atoms with Gasteiger partial charge >= 0.3 is 0 Å². The third-order valence-corrected chi connectivity index (χ3v) is 18.4. The minimum Gasteiger partial charge on any atom is -0.355 e. The second kappa shape index (κ2) is 18.6. The number of nitrogens with one attached hydrogen (secondary N) is 2. The van der Waals surface area contributed by atoms with Crippen LogP contribution in [0, 0.1) is 0 Å². The van der Waals surface area contributed by atoms with Crippen LogP contribution in [-0.2, 0) is 0 Å². The van der Waals surface area contributed by atoms with Crippen LogP contribution in [0.4, 0.5) is 22.7 Å². The molecule has 0 atom stereocenters. The standard InChI is InChI=1S/C30H21NSi.C24H19N.C9H19N/c1-2-12-22(13-3-1)32-29-20-10-6-16-25(29)23-14-4-8-18-27(23)31(32)28-19-9-5-15-24(28)26-17-7-11-21-30(26)32;1-3-11-19(12-4-1)21-15-7-9-17-23(21)25-24-18-10-8-16-22(24)20-13-5-2-6-14-20;1-8(2)6-5-7-9(3,4)10-8/h1-21H;1-18,25H;10H,5-7H2,1-4H3. The summed E-state index contributed by atoms with van der Waals surface area (Å²) in [6, 6.07) is 85.1. The van der Waals surface area contributed by atoms with Gasteiger partial charge in [-0.15, -0.1) is 0 Å². The molecule has 1 saturated heterocycles. The molecule has 3 heterocycles. The molecule has 0 aliphatic carbocycles. The van der Waals surface area contributed by atoms with Gasteiger partial charge in [0, 0.05) is 56.1 Å². The van der Waals surface area contributed by atoms with Crippen molar-refractivity contribution >= 4 is 46.5 Å². The monoisotopic (exact) mass is 885 g/mol. The molecule has 2 N–H and O–H groups in total. The smallest absolute Gasteiger partial charge is 0.258 e. The Hall–Kier alpha value is -7.24. The van der Waals surface area contributed by atoms with Crippen LogP contribution >= 0.6 is 0 Å². The summed E-state index contributed by atoms with van der Waals surface area (Å²) in [6.45, 7) is 9.14. The van der Waals surface area contributed by atoms with Crippen LogP contribution in [0.5, 0.6) is 0 Å². The fraction of sp³-hybridized carbons (Fsp3) is 0.143. The average molecular weight is 886 g/mol. The third kappa shape index (κ3) is 8.55. The molecule has 0 aromatic heterocycles. The lowest BCUT2D eigenvalue weighted by molar-refractivity contribution is 0.183. The number of benzene rings is 9. The number of fused-ring (bicyclic) bond motifs is 11. The molecule has 3 aliphatic heterocycles. The van der Waals surface area contributed by atoms with Crippen LogP contribution < -0.4 is 30.8 Å². The van der Waals surface area contributed by atoms with Gasteiger partial charge in [-0.25, -0.2) is 0 Å². The Labute approximate surface area is 398 Å². The number of rotatable bonds is 5. The summed E-state index contributed by atoms with van der Waals surface area (Å²) in [7, 11) is -2.59. The van der Waals surface area contributed by atoms with E-state index in [2.05, 4.69) is 267 Å². The van der Waals surface area contributed by atoms with Crippen LogP contribution in [0.1, 0.15) is 47.0 Å². The van der Waals surface area contributed by atoms with E-state index in [0.29, 0.717) is 11.1 Å². The summed E-state index contributed by atoms with van der Waals surface area (Å²) < 4.78 is 2.72. The van der Waals surface area contributed by atoms with Gasteiger partial charge in [0.05, 0.1) is 0 Å². The van der Waals surface area contributed by atoms with Gasteiger partial charge in [0.15, 0.2) is 0 Å². The highest BCUT2D eigenvalue weighted by Gasteiger charge is 2.54. The Bertz CT molecular complexity index is 2940. The summed E-state index contributed by atoms with van der Waals surface area (Å²) in [5.41, 5.74) is 15.7. The molecule has 0 radical (unpaired) electrons. The normalized spacial score (nSPS) is 15.3. The van der Waals surface area contributed by atoms with Gasteiger partial charge in [-0.1, -0.05) is 212 Å². The lowest BCUT2D eigenvalue weighted by atomic mass is 9.83. The van der Waals surface area contributed by atoms with Crippen molar-refractivity contribution in [2.45, 2.75) is 58.0 Å². The predicted molar refractivity (Wildman–Crippen MR) is 289 cm³/mol. The zero-order valence-corrected chi connectivity index (χ0v) is 40.1. The van der Waals surface area contributed by atoms with E-state index in [0.717, 1.165) is 11.4 Å². The van der Waals surface area contributed by atoms with Crippen LogP contribution in [0.15, 0.2) is 237 Å². The van der Waals surface area contributed by atoms with E-state index in [1.165, 1.54) is 90.7 Å². The van der Waals surface area contributed by atoms with Crippen molar-refractivity contribution in [3.63, 3.8) is 0 Å². The number of hydrogen-bond acceptors (Lipinski definition) is 3. The van der Waals surface area contributed by atoms with Crippen LogP contribution in [0.2, 0.25) is 0 Å². The van der Waals surface area contributed by atoms with Crippen LogP contribution in [-0.4, -0.2) is 19.3 Å². The third-order valence-electron chi connectivity index (χ3n) is 13.6. The van der Waals surface area contributed by atoms with E-state index < -0.39 is 8.24 Å². The molecule has 1 fully saturated rings. The molecule has 3 nitrogen and oxygen atoms in total. The quantitative estimate of drug-likeness (QED) is 0.169. The second-order valence-corrected chi connectivity index (χ2v) is 22.8. The second-order valence-electron chi connectivity index (χ2n) is 19.2. The molecule has 67 heavy (non-hydrogen) atoms. The Morgan fingerprint density at radius 1 is 0.373 bits per heavy atom. The van der Waals surface area contributed by atoms with Crippen LogP contribution in [0.25, 0.3) is 44.5 Å². The molecule has 9 aromatic carbocycles. The van der Waals surface area contributed by atoms with Crippen LogP contribution in [0.3, 0.4) is 0 Å². The zero-order chi connectivity index (χ0) is 45.9. The molecule has 0 unspecified atom stereocenters. The first-order chi connectivity index (χ1) is 32.7. The molecule has 330 valence electrons. The molecule has 0 amide bonds. The molecular weight excluding hydrogens is 827 g/mol. The fourth-order valence-electron chi connectivity index (χ4n) is 10.9. The maximum Gasteiger partial charge on any atom is 0.258 e. The summed E-state index contributed by atoms with van der Waals surface area (Å²) >= 11 is 0. The summed E-state index contributed by atoms with van der Waals surface area (Å²) in [5.74, 6) is 0. The zero-order valence-electron chi connectivity index (χ0n) is 39.1. The van der Waals surface area contributed by atoms with Crippen molar-refractivity contribution in [2.75, 3.05) is 9.88 Å². The fourth-order valence-corrected chi connectivity index (χ4v) is 16.3. The van der Waals surface area contributed by atoms with Crippen molar-refractivity contribution in [3.05, 3.63) is 237 Å². The van der Waals surface area contributed by atoms with Gasteiger partial charge in [-0.2, -0.15) is 0 Å². The minimum absolute atomic E-state index is 0.363. The van der Waals surface area contributed by atoms with Gasteiger partial charge in [-0.05, 0) is 109 Å². The average Bonchev–Trinajstić information content (AvgIpc) is 3.37. The highest BCUT2D eigenvalue weighted by Crippen LogP contribution is 2.49. The first-order valence-electron chi connectivity index (χ1n) is 23.8. The lowest BCUT2D eigenvalue weighted by Gasteiger charge is -2.52. The van der Waals surface area contributed by atoms with Crippen molar-refractivity contribution < 1.29 is 0 Å². The summed E-state index contributed by atoms with van der Waals surface area (Å²) in [6.07, 6.45) is 4.00. The number of hydrogen-bond donors (Lipinski definition) is 2. The predicted octanol–water partition coefficient (Wildman–Crippen LogP) is 14.5. The number of anilines is 4. The number of nitrogens with zero attached hydrogens (tertiary/aromatic N) is 1. The van der Waals surface area contributed by atoms with E-state index in [1.807, 2.05) is 12.1 Å². The maximum absolute atomic E-state index is 3.64. The van der Waals surface area contributed by atoms with Gasteiger partial charge < -0.3 is 15.2 Å². The van der Waals surface area contributed by atoms with Crippen molar-refractivity contribution in [1.29, 1.82) is 0 Å². The van der Waals surface area contributed by atoms with Gasteiger partial charge in [-0.3, -0.25) is 0 Å². The highest BCUT2D eigenvalue weighted by atomic mass is 28.3. The van der Waals surface area contributed by atoms with E-state index in [-0.39, 0.29) is 0 Å². The summed E-state index contributed by atoms with van der Waals surface area (Å²) in [4.78, 5) is 0. The van der Waals surface area contributed by atoms with E-state index in [1.54, 1.807) is 0 Å². The Morgan fingerprint density at radius 3 is 1.13 bits per heavy atom.